The molecule has 1 N–H and O–H groups in total. The SMILES string of the molecule is CNc1cnccc1-c1cccnc1Cl. The molecule has 0 aromatic carbocycles. The molecular formula is C11H10ClN3. The van der Waals surface area contributed by atoms with Gasteiger partial charge in [0, 0.05) is 30.6 Å². The Bertz CT molecular complexity index is 471. The summed E-state index contributed by atoms with van der Waals surface area (Å²) in [6.07, 6.45) is 5.17. The van der Waals surface area contributed by atoms with Crippen LogP contribution in [-0.2, 0) is 0 Å². The number of hydrogen-bond acceptors (Lipinski definition) is 3. The van der Waals surface area contributed by atoms with Crippen molar-refractivity contribution in [2.45, 2.75) is 0 Å². The van der Waals surface area contributed by atoms with Crippen LogP contribution >= 0.6 is 11.6 Å². The fourth-order valence-electron chi connectivity index (χ4n) is 1.42. The summed E-state index contributed by atoms with van der Waals surface area (Å²) in [5.74, 6) is 0. The molecule has 0 saturated heterocycles. The Morgan fingerprint density at radius 1 is 1.20 bits per heavy atom. The number of pyridine rings is 2. The highest BCUT2D eigenvalue weighted by atomic mass is 35.5. The molecule has 0 amide bonds. The lowest BCUT2D eigenvalue weighted by atomic mass is 10.1. The lowest BCUT2D eigenvalue weighted by Gasteiger charge is -2.08. The molecule has 2 heterocycles. The van der Waals surface area contributed by atoms with Gasteiger partial charge in [-0.05, 0) is 18.2 Å². The average molecular weight is 220 g/mol. The molecule has 4 heteroatoms. The minimum atomic E-state index is 0.500. The molecule has 2 rings (SSSR count). The third-order valence-corrected chi connectivity index (χ3v) is 2.44. The molecule has 2 aromatic heterocycles. The van der Waals surface area contributed by atoms with E-state index in [2.05, 4.69) is 15.3 Å². The lowest BCUT2D eigenvalue weighted by molar-refractivity contribution is 1.29. The van der Waals surface area contributed by atoms with Crippen molar-refractivity contribution in [2.75, 3.05) is 12.4 Å². The zero-order chi connectivity index (χ0) is 10.7. The zero-order valence-corrected chi connectivity index (χ0v) is 8.99. The van der Waals surface area contributed by atoms with Crippen LogP contribution in [0.4, 0.5) is 5.69 Å². The van der Waals surface area contributed by atoms with Gasteiger partial charge in [0.1, 0.15) is 5.15 Å². The first kappa shape index (κ1) is 9.93. The van der Waals surface area contributed by atoms with Crippen molar-refractivity contribution in [3.05, 3.63) is 41.9 Å². The van der Waals surface area contributed by atoms with E-state index in [0.29, 0.717) is 5.15 Å². The summed E-state index contributed by atoms with van der Waals surface area (Å²) < 4.78 is 0. The summed E-state index contributed by atoms with van der Waals surface area (Å²) in [5.41, 5.74) is 2.85. The summed E-state index contributed by atoms with van der Waals surface area (Å²) >= 11 is 6.03. The Balaban J connectivity index is 2.59. The number of nitrogens with zero attached hydrogens (tertiary/aromatic N) is 2. The number of rotatable bonds is 2. The molecular weight excluding hydrogens is 210 g/mol. The summed E-state index contributed by atoms with van der Waals surface area (Å²) in [7, 11) is 1.85. The Kier molecular flexibility index (Phi) is 2.83. The average Bonchev–Trinajstić information content (AvgIpc) is 2.30. The molecule has 0 aliphatic rings. The van der Waals surface area contributed by atoms with Crippen LogP contribution < -0.4 is 5.32 Å². The van der Waals surface area contributed by atoms with Crippen LogP contribution in [-0.4, -0.2) is 17.0 Å². The van der Waals surface area contributed by atoms with Crippen molar-refractivity contribution in [3.8, 4) is 11.1 Å². The van der Waals surface area contributed by atoms with E-state index >= 15 is 0 Å². The van der Waals surface area contributed by atoms with Crippen molar-refractivity contribution < 1.29 is 0 Å². The van der Waals surface area contributed by atoms with Crippen molar-refractivity contribution in [1.82, 2.24) is 9.97 Å². The molecule has 0 saturated carbocycles. The monoisotopic (exact) mass is 219 g/mol. The van der Waals surface area contributed by atoms with Gasteiger partial charge in [-0.1, -0.05) is 11.6 Å². The zero-order valence-electron chi connectivity index (χ0n) is 8.24. The van der Waals surface area contributed by atoms with Gasteiger partial charge in [0.25, 0.3) is 0 Å². The first-order valence-electron chi connectivity index (χ1n) is 4.55. The minimum absolute atomic E-state index is 0.500. The van der Waals surface area contributed by atoms with Crippen LogP contribution in [0.5, 0.6) is 0 Å². The van der Waals surface area contributed by atoms with Gasteiger partial charge in [-0.3, -0.25) is 4.98 Å². The van der Waals surface area contributed by atoms with Crippen molar-refractivity contribution in [3.63, 3.8) is 0 Å². The quantitative estimate of drug-likeness (QED) is 0.790. The number of halogens is 1. The third-order valence-electron chi connectivity index (χ3n) is 2.14. The summed E-state index contributed by atoms with van der Waals surface area (Å²) in [6, 6.07) is 5.71. The Labute approximate surface area is 93.1 Å². The Morgan fingerprint density at radius 2 is 2.07 bits per heavy atom. The number of hydrogen-bond donors (Lipinski definition) is 1. The smallest absolute Gasteiger partial charge is 0.136 e. The van der Waals surface area contributed by atoms with Gasteiger partial charge in [-0.25, -0.2) is 4.98 Å². The summed E-state index contributed by atoms with van der Waals surface area (Å²) in [5, 5.41) is 3.57. The van der Waals surface area contributed by atoms with Gasteiger partial charge < -0.3 is 5.32 Å². The standard InChI is InChI=1S/C11H10ClN3/c1-13-10-7-14-6-4-8(10)9-3-2-5-15-11(9)12/h2-7,13H,1H3. The lowest BCUT2D eigenvalue weighted by Crippen LogP contribution is -1.93. The predicted octanol–water partition coefficient (Wildman–Crippen LogP) is 2.84. The molecule has 0 spiro atoms. The number of aromatic nitrogens is 2. The van der Waals surface area contributed by atoms with Gasteiger partial charge in [0.2, 0.25) is 0 Å². The summed E-state index contributed by atoms with van der Waals surface area (Å²) in [4.78, 5) is 8.09. The molecule has 0 aliphatic heterocycles. The topological polar surface area (TPSA) is 37.8 Å². The number of anilines is 1. The molecule has 0 fully saturated rings. The molecule has 3 nitrogen and oxygen atoms in total. The predicted molar refractivity (Wildman–Crippen MR) is 62.0 cm³/mol. The molecule has 0 unspecified atom stereocenters. The highest BCUT2D eigenvalue weighted by Gasteiger charge is 2.07. The third kappa shape index (κ3) is 1.92. The summed E-state index contributed by atoms with van der Waals surface area (Å²) in [6.45, 7) is 0. The van der Waals surface area contributed by atoms with Crippen LogP contribution in [0.25, 0.3) is 11.1 Å². The Morgan fingerprint density at radius 3 is 2.80 bits per heavy atom. The van der Waals surface area contributed by atoms with Gasteiger partial charge in [-0.2, -0.15) is 0 Å². The van der Waals surface area contributed by atoms with E-state index in [0.717, 1.165) is 16.8 Å². The maximum Gasteiger partial charge on any atom is 0.136 e. The normalized spacial score (nSPS) is 10.0. The first-order valence-corrected chi connectivity index (χ1v) is 4.93. The fraction of sp³-hybridized carbons (Fsp3) is 0.0909. The Hall–Kier alpha value is -1.61. The maximum atomic E-state index is 6.03. The van der Waals surface area contributed by atoms with Crippen LogP contribution in [0.2, 0.25) is 5.15 Å². The molecule has 76 valence electrons. The fourth-order valence-corrected chi connectivity index (χ4v) is 1.64. The minimum Gasteiger partial charge on any atom is -0.386 e. The van der Waals surface area contributed by atoms with Crippen LogP contribution in [0.1, 0.15) is 0 Å². The molecule has 0 bridgehead atoms. The van der Waals surface area contributed by atoms with Crippen LogP contribution in [0.15, 0.2) is 36.8 Å². The van der Waals surface area contributed by atoms with E-state index in [-0.39, 0.29) is 0 Å². The highest BCUT2D eigenvalue weighted by Crippen LogP contribution is 2.30. The van der Waals surface area contributed by atoms with Crippen molar-refractivity contribution in [2.24, 2.45) is 0 Å². The van der Waals surface area contributed by atoms with E-state index < -0.39 is 0 Å². The largest absolute Gasteiger partial charge is 0.386 e. The van der Waals surface area contributed by atoms with Gasteiger partial charge in [-0.15, -0.1) is 0 Å². The van der Waals surface area contributed by atoms with E-state index in [9.17, 15) is 0 Å². The van der Waals surface area contributed by atoms with Gasteiger partial charge in [0.15, 0.2) is 0 Å². The van der Waals surface area contributed by atoms with Crippen LogP contribution in [0, 0.1) is 0 Å². The molecule has 2 aromatic rings. The maximum absolute atomic E-state index is 6.03. The first-order chi connectivity index (χ1) is 7.33. The second-order valence-corrected chi connectivity index (χ2v) is 3.37. The van der Waals surface area contributed by atoms with Crippen LogP contribution in [0.3, 0.4) is 0 Å². The van der Waals surface area contributed by atoms with E-state index in [1.807, 2.05) is 25.2 Å². The van der Waals surface area contributed by atoms with Gasteiger partial charge >= 0.3 is 0 Å². The van der Waals surface area contributed by atoms with Crippen molar-refractivity contribution in [1.29, 1.82) is 0 Å². The van der Waals surface area contributed by atoms with E-state index in [1.165, 1.54) is 0 Å². The van der Waals surface area contributed by atoms with Gasteiger partial charge in [0.05, 0.1) is 11.9 Å². The molecule has 0 atom stereocenters. The molecule has 0 radical (unpaired) electrons. The molecule has 0 aliphatic carbocycles. The van der Waals surface area contributed by atoms with Crippen molar-refractivity contribution >= 4 is 17.3 Å². The second kappa shape index (κ2) is 4.28. The number of nitrogens with one attached hydrogen (secondary N) is 1. The highest BCUT2D eigenvalue weighted by molar-refractivity contribution is 6.32. The second-order valence-electron chi connectivity index (χ2n) is 3.01. The molecule has 15 heavy (non-hydrogen) atoms. The van der Waals surface area contributed by atoms with E-state index in [1.54, 1.807) is 18.6 Å². The van der Waals surface area contributed by atoms with E-state index in [4.69, 9.17) is 11.6 Å².